The largest absolute Gasteiger partial charge is 0.493 e. The van der Waals surface area contributed by atoms with Gasteiger partial charge in [-0.15, -0.1) is 0 Å². The van der Waals surface area contributed by atoms with Crippen molar-refractivity contribution in [1.82, 2.24) is 0 Å². The lowest BCUT2D eigenvalue weighted by Crippen LogP contribution is -2.16. The highest BCUT2D eigenvalue weighted by Crippen LogP contribution is 2.26. The predicted molar refractivity (Wildman–Crippen MR) is 59.7 cm³/mol. The Hall–Kier alpha value is -1.55. The molecule has 1 rings (SSSR count). The summed E-state index contributed by atoms with van der Waals surface area (Å²) < 4.78 is 5.44. The minimum absolute atomic E-state index is 0.429. The van der Waals surface area contributed by atoms with Crippen molar-refractivity contribution >= 4 is 5.97 Å². The summed E-state index contributed by atoms with van der Waals surface area (Å²) in [6.45, 7) is 2.08. The van der Waals surface area contributed by atoms with E-state index in [2.05, 4.69) is 0 Å². The Bertz CT molecular complexity index is 349. The molecule has 0 aliphatic rings. The maximum absolute atomic E-state index is 10.9. The van der Waals surface area contributed by atoms with Crippen LogP contribution < -0.4 is 4.74 Å². The third kappa shape index (κ3) is 2.97. The summed E-state index contributed by atoms with van der Waals surface area (Å²) in [6.07, 6.45) is 0.852. The van der Waals surface area contributed by atoms with Crippen LogP contribution in [0.5, 0.6) is 5.75 Å². The molecule has 0 aliphatic carbocycles. The van der Waals surface area contributed by atoms with E-state index in [0.717, 1.165) is 6.42 Å². The molecule has 1 unspecified atom stereocenters. The summed E-state index contributed by atoms with van der Waals surface area (Å²) >= 11 is 0. The number of hydrogen-bond donors (Lipinski definition) is 2. The molecule has 0 fully saturated rings. The van der Waals surface area contributed by atoms with E-state index in [-0.39, 0.29) is 0 Å². The molecule has 0 saturated heterocycles. The number of aliphatic hydroxyl groups excluding tert-OH is 1. The quantitative estimate of drug-likeness (QED) is 0.770. The second-order valence-corrected chi connectivity index (χ2v) is 3.46. The van der Waals surface area contributed by atoms with Gasteiger partial charge >= 0.3 is 5.97 Å². The monoisotopic (exact) mass is 224 g/mol. The average Bonchev–Trinajstić information content (AvgIpc) is 2.28. The average molecular weight is 224 g/mol. The molecule has 0 spiro atoms. The molecule has 0 heterocycles. The van der Waals surface area contributed by atoms with E-state index in [0.29, 0.717) is 17.9 Å². The minimum Gasteiger partial charge on any atom is -0.493 e. The van der Waals surface area contributed by atoms with Crippen molar-refractivity contribution in [1.29, 1.82) is 0 Å². The Morgan fingerprint density at radius 1 is 1.44 bits per heavy atom. The SMILES string of the molecule is CCCOc1ccccc1C(CO)C(=O)O. The van der Waals surface area contributed by atoms with E-state index in [1.807, 2.05) is 6.92 Å². The van der Waals surface area contributed by atoms with Crippen molar-refractivity contribution in [2.24, 2.45) is 0 Å². The second kappa shape index (κ2) is 6.12. The van der Waals surface area contributed by atoms with Crippen LogP contribution in [0, 0.1) is 0 Å². The topological polar surface area (TPSA) is 66.8 Å². The van der Waals surface area contributed by atoms with E-state index in [4.69, 9.17) is 14.9 Å². The fourth-order valence-corrected chi connectivity index (χ4v) is 1.42. The maximum atomic E-state index is 10.9. The number of aliphatic hydroxyl groups is 1. The van der Waals surface area contributed by atoms with Crippen LogP contribution in [0.4, 0.5) is 0 Å². The molecular formula is C12H16O4. The number of carboxylic acids is 1. The summed E-state index contributed by atoms with van der Waals surface area (Å²) in [7, 11) is 0. The minimum atomic E-state index is -1.05. The van der Waals surface area contributed by atoms with Gasteiger partial charge in [-0.05, 0) is 12.5 Å². The molecule has 1 aromatic carbocycles. The molecule has 0 saturated carbocycles. The highest BCUT2D eigenvalue weighted by molar-refractivity contribution is 5.77. The van der Waals surface area contributed by atoms with Crippen LogP contribution >= 0.6 is 0 Å². The molecule has 4 heteroatoms. The number of hydrogen-bond acceptors (Lipinski definition) is 3. The Kier molecular flexibility index (Phi) is 4.79. The summed E-state index contributed by atoms with van der Waals surface area (Å²) in [4.78, 5) is 10.9. The highest BCUT2D eigenvalue weighted by Gasteiger charge is 2.22. The Balaban J connectivity index is 2.96. The standard InChI is InChI=1S/C12H16O4/c1-2-7-16-11-6-4-3-5-9(11)10(8-13)12(14)15/h3-6,10,13H,2,7-8H2,1H3,(H,14,15). The van der Waals surface area contributed by atoms with Gasteiger partial charge in [0, 0.05) is 5.56 Å². The van der Waals surface area contributed by atoms with Crippen molar-refractivity contribution < 1.29 is 19.7 Å². The van der Waals surface area contributed by atoms with E-state index in [1.54, 1.807) is 24.3 Å². The molecule has 1 aromatic rings. The number of carboxylic acid groups (broad SMARTS) is 1. The lowest BCUT2D eigenvalue weighted by molar-refractivity contribution is -0.139. The summed E-state index contributed by atoms with van der Waals surface area (Å²) in [6, 6.07) is 6.90. The van der Waals surface area contributed by atoms with Gasteiger partial charge < -0.3 is 14.9 Å². The van der Waals surface area contributed by atoms with Gasteiger partial charge in [0.25, 0.3) is 0 Å². The molecule has 2 N–H and O–H groups in total. The van der Waals surface area contributed by atoms with Gasteiger partial charge in [-0.25, -0.2) is 0 Å². The van der Waals surface area contributed by atoms with E-state index < -0.39 is 18.5 Å². The first kappa shape index (κ1) is 12.5. The number of benzene rings is 1. The van der Waals surface area contributed by atoms with Crippen LogP contribution in [0.15, 0.2) is 24.3 Å². The van der Waals surface area contributed by atoms with Crippen molar-refractivity contribution in [2.75, 3.05) is 13.2 Å². The second-order valence-electron chi connectivity index (χ2n) is 3.46. The van der Waals surface area contributed by atoms with Gasteiger partial charge in [-0.2, -0.15) is 0 Å². The van der Waals surface area contributed by atoms with Crippen LogP contribution in [-0.2, 0) is 4.79 Å². The summed E-state index contributed by atoms with van der Waals surface area (Å²) in [5.41, 5.74) is 0.519. The summed E-state index contributed by atoms with van der Waals surface area (Å²) in [5, 5.41) is 18.0. The Labute approximate surface area is 94.5 Å². The van der Waals surface area contributed by atoms with Crippen molar-refractivity contribution in [3.8, 4) is 5.75 Å². The molecule has 1 atom stereocenters. The number of para-hydroxylation sites is 1. The molecule has 0 radical (unpaired) electrons. The molecule has 4 nitrogen and oxygen atoms in total. The van der Waals surface area contributed by atoms with Gasteiger partial charge in [0.2, 0.25) is 0 Å². The molecule has 0 aliphatic heterocycles. The lowest BCUT2D eigenvalue weighted by atomic mass is 9.99. The Morgan fingerprint density at radius 3 is 2.69 bits per heavy atom. The zero-order valence-electron chi connectivity index (χ0n) is 9.22. The molecule has 0 bridgehead atoms. The zero-order chi connectivity index (χ0) is 12.0. The highest BCUT2D eigenvalue weighted by atomic mass is 16.5. The van der Waals surface area contributed by atoms with Crippen LogP contribution in [-0.4, -0.2) is 29.4 Å². The number of aliphatic carboxylic acids is 1. The molecule has 0 amide bonds. The van der Waals surface area contributed by atoms with Crippen LogP contribution in [0.3, 0.4) is 0 Å². The number of rotatable bonds is 6. The van der Waals surface area contributed by atoms with Crippen molar-refractivity contribution in [2.45, 2.75) is 19.3 Å². The number of carbonyl (C=O) groups is 1. The fourth-order valence-electron chi connectivity index (χ4n) is 1.42. The van der Waals surface area contributed by atoms with Gasteiger partial charge in [0.05, 0.1) is 13.2 Å². The third-order valence-corrected chi connectivity index (χ3v) is 2.24. The molecule has 88 valence electrons. The van der Waals surface area contributed by atoms with E-state index in [1.165, 1.54) is 0 Å². The van der Waals surface area contributed by atoms with Crippen LogP contribution in [0.2, 0.25) is 0 Å². The van der Waals surface area contributed by atoms with Crippen LogP contribution in [0.25, 0.3) is 0 Å². The van der Waals surface area contributed by atoms with E-state index in [9.17, 15) is 4.79 Å². The van der Waals surface area contributed by atoms with Gasteiger partial charge in [-0.3, -0.25) is 4.79 Å². The first-order valence-electron chi connectivity index (χ1n) is 5.26. The molecular weight excluding hydrogens is 208 g/mol. The summed E-state index contributed by atoms with van der Waals surface area (Å²) in [5.74, 6) is -1.44. The third-order valence-electron chi connectivity index (χ3n) is 2.24. The predicted octanol–water partition coefficient (Wildman–Crippen LogP) is 1.64. The van der Waals surface area contributed by atoms with Crippen molar-refractivity contribution in [3.63, 3.8) is 0 Å². The van der Waals surface area contributed by atoms with E-state index >= 15 is 0 Å². The smallest absolute Gasteiger partial charge is 0.313 e. The first-order valence-corrected chi connectivity index (χ1v) is 5.26. The van der Waals surface area contributed by atoms with Crippen LogP contribution in [0.1, 0.15) is 24.8 Å². The maximum Gasteiger partial charge on any atom is 0.313 e. The van der Waals surface area contributed by atoms with Gasteiger partial charge in [0.1, 0.15) is 11.7 Å². The van der Waals surface area contributed by atoms with Gasteiger partial charge in [0.15, 0.2) is 0 Å². The Morgan fingerprint density at radius 2 is 2.12 bits per heavy atom. The normalized spacial score (nSPS) is 12.1. The number of ether oxygens (including phenoxy) is 1. The fraction of sp³-hybridized carbons (Fsp3) is 0.417. The molecule has 16 heavy (non-hydrogen) atoms. The lowest BCUT2D eigenvalue weighted by Gasteiger charge is -2.15. The van der Waals surface area contributed by atoms with Crippen molar-refractivity contribution in [3.05, 3.63) is 29.8 Å². The first-order chi connectivity index (χ1) is 7.70. The zero-order valence-corrected chi connectivity index (χ0v) is 9.22. The van der Waals surface area contributed by atoms with Gasteiger partial charge in [-0.1, -0.05) is 25.1 Å². The molecule has 0 aromatic heterocycles.